The molecular formula is C21H18N4O. The summed E-state index contributed by atoms with van der Waals surface area (Å²) in [6.45, 7) is 2.07. The van der Waals surface area contributed by atoms with Crippen LogP contribution in [0.15, 0.2) is 72.4 Å². The monoisotopic (exact) mass is 342 g/mol. The van der Waals surface area contributed by atoms with Gasteiger partial charge in [0.2, 0.25) is 0 Å². The number of carbonyl (C=O) groups excluding carboxylic acids is 1. The first-order valence-corrected chi connectivity index (χ1v) is 8.33. The predicted molar refractivity (Wildman–Crippen MR) is 102 cm³/mol. The number of aryl methyl sites for hydroxylation is 1. The molecule has 5 heteroatoms. The number of amides is 1. The molecule has 3 rings (SSSR count). The van der Waals surface area contributed by atoms with Gasteiger partial charge in [0.15, 0.2) is 0 Å². The van der Waals surface area contributed by atoms with Gasteiger partial charge in [-0.25, -0.2) is 4.68 Å². The number of hydrogen-bond donors (Lipinski definition) is 1. The highest BCUT2D eigenvalue weighted by Crippen LogP contribution is 2.13. The lowest BCUT2D eigenvalue weighted by Gasteiger charge is -2.05. The molecule has 128 valence electrons. The van der Waals surface area contributed by atoms with E-state index in [0.717, 1.165) is 12.1 Å². The molecule has 0 radical (unpaired) electrons. The van der Waals surface area contributed by atoms with Crippen LogP contribution in [0, 0.1) is 11.3 Å². The van der Waals surface area contributed by atoms with E-state index in [1.807, 2.05) is 60.7 Å². The average Bonchev–Trinajstić information content (AvgIpc) is 3.16. The first-order valence-electron chi connectivity index (χ1n) is 8.33. The molecule has 2 aromatic carbocycles. The molecule has 0 spiro atoms. The maximum absolute atomic E-state index is 12.3. The average molecular weight is 342 g/mol. The Hall–Kier alpha value is -3.65. The minimum atomic E-state index is -0.453. The summed E-state index contributed by atoms with van der Waals surface area (Å²) >= 11 is 0. The van der Waals surface area contributed by atoms with Gasteiger partial charge in [-0.1, -0.05) is 37.3 Å². The van der Waals surface area contributed by atoms with Crippen LogP contribution >= 0.6 is 0 Å². The molecule has 0 aliphatic rings. The molecule has 0 unspecified atom stereocenters. The van der Waals surface area contributed by atoms with Crippen molar-refractivity contribution < 1.29 is 4.79 Å². The minimum absolute atomic E-state index is 0.00267. The number of nitrogens with one attached hydrogen (secondary N) is 1. The van der Waals surface area contributed by atoms with Crippen LogP contribution < -0.4 is 5.32 Å². The summed E-state index contributed by atoms with van der Waals surface area (Å²) in [5.74, 6) is -0.453. The van der Waals surface area contributed by atoms with Crippen LogP contribution in [0.3, 0.4) is 0 Å². The van der Waals surface area contributed by atoms with Crippen LogP contribution in [0.2, 0.25) is 0 Å². The largest absolute Gasteiger partial charge is 0.321 e. The zero-order valence-electron chi connectivity index (χ0n) is 14.4. The second-order valence-corrected chi connectivity index (χ2v) is 5.70. The number of para-hydroxylation sites is 1. The Morgan fingerprint density at radius 3 is 2.54 bits per heavy atom. The van der Waals surface area contributed by atoms with Crippen molar-refractivity contribution in [1.82, 2.24) is 9.78 Å². The summed E-state index contributed by atoms with van der Waals surface area (Å²) in [4.78, 5) is 12.3. The molecule has 1 amide bonds. The standard InChI is InChI=1S/C21H18N4O/c1-2-16-8-10-18(11-9-16)23-21(26)17(15-22)14-19-12-13-25(24-19)20-6-4-3-5-7-20/h3-14H,2H2,1H3,(H,23,26). The number of benzene rings is 2. The lowest BCUT2D eigenvalue weighted by atomic mass is 10.1. The van der Waals surface area contributed by atoms with E-state index in [4.69, 9.17) is 0 Å². The maximum Gasteiger partial charge on any atom is 0.266 e. The molecule has 26 heavy (non-hydrogen) atoms. The number of hydrogen-bond acceptors (Lipinski definition) is 3. The van der Waals surface area contributed by atoms with Crippen LogP contribution in [0.25, 0.3) is 11.8 Å². The van der Waals surface area contributed by atoms with Crippen LogP contribution in [0.4, 0.5) is 5.69 Å². The highest BCUT2D eigenvalue weighted by Gasteiger charge is 2.10. The number of rotatable bonds is 5. The van der Waals surface area contributed by atoms with Gasteiger partial charge in [0.1, 0.15) is 11.6 Å². The van der Waals surface area contributed by atoms with E-state index in [9.17, 15) is 10.1 Å². The second-order valence-electron chi connectivity index (χ2n) is 5.70. The van der Waals surface area contributed by atoms with Crippen molar-refractivity contribution in [3.8, 4) is 11.8 Å². The second kappa shape index (κ2) is 7.95. The predicted octanol–water partition coefficient (Wildman–Crippen LogP) is 3.98. The molecule has 0 bridgehead atoms. The fraction of sp³-hybridized carbons (Fsp3) is 0.0952. The molecule has 1 aromatic heterocycles. The molecule has 1 N–H and O–H groups in total. The minimum Gasteiger partial charge on any atom is -0.321 e. The van der Waals surface area contributed by atoms with Crippen molar-refractivity contribution in [2.45, 2.75) is 13.3 Å². The van der Waals surface area contributed by atoms with E-state index in [2.05, 4.69) is 17.3 Å². The highest BCUT2D eigenvalue weighted by molar-refractivity contribution is 6.09. The van der Waals surface area contributed by atoms with Crippen molar-refractivity contribution in [3.05, 3.63) is 83.7 Å². The Labute approximate surface area is 152 Å². The number of anilines is 1. The Balaban J connectivity index is 1.76. The number of nitriles is 1. The summed E-state index contributed by atoms with van der Waals surface area (Å²) in [5.41, 5.74) is 3.30. The van der Waals surface area contributed by atoms with Crippen molar-refractivity contribution in [3.63, 3.8) is 0 Å². The normalized spacial score (nSPS) is 11.0. The van der Waals surface area contributed by atoms with Crippen molar-refractivity contribution >= 4 is 17.7 Å². The number of carbonyl (C=O) groups is 1. The SMILES string of the molecule is CCc1ccc(NC(=O)C(C#N)=Cc2ccn(-c3ccccc3)n2)cc1. The van der Waals surface area contributed by atoms with Gasteiger partial charge in [-0.2, -0.15) is 10.4 Å². The van der Waals surface area contributed by atoms with E-state index in [1.54, 1.807) is 16.9 Å². The fourth-order valence-corrected chi connectivity index (χ4v) is 2.46. The van der Waals surface area contributed by atoms with Crippen LogP contribution in [-0.4, -0.2) is 15.7 Å². The first-order chi connectivity index (χ1) is 12.7. The fourth-order valence-electron chi connectivity index (χ4n) is 2.46. The van der Waals surface area contributed by atoms with Crippen LogP contribution in [-0.2, 0) is 11.2 Å². The topological polar surface area (TPSA) is 70.7 Å². The van der Waals surface area contributed by atoms with Gasteiger partial charge in [0.05, 0.1) is 11.4 Å². The molecule has 0 saturated heterocycles. The summed E-state index contributed by atoms with van der Waals surface area (Å²) in [7, 11) is 0. The third-order valence-electron chi connectivity index (χ3n) is 3.91. The van der Waals surface area contributed by atoms with Gasteiger partial charge in [0, 0.05) is 11.9 Å². The van der Waals surface area contributed by atoms with E-state index < -0.39 is 5.91 Å². The van der Waals surface area contributed by atoms with E-state index in [0.29, 0.717) is 11.4 Å². The van der Waals surface area contributed by atoms with E-state index >= 15 is 0 Å². The smallest absolute Gasteiger partial charge is 0.266 e. The third-order valence-corrected chi connectivity index (χ3v) is 3.91. The summed E-state index contributed by atoms with van der Waals surface area (Å²) in [6.07, 6.45) is 4.20. The van der Waals surface area contributed by atoms with Gasteiger partial charge in [0.25, 0.3) is 5.91 Å². The highest BCUT2D eigenvalue weighted by atomic mass is 16.1. The molecule has 5 nitrogen and oxygen atoms in total. The van der Waals surface area contributed by atoms with Crippen molar-refractivity contribution in [2.75, 3.05) is 5.32 Å². The Morgan fingerprint density at radius 2 is 1.88 bits per heavy atom. The lowest BCUT2D eigenvalue weighted by Crippen LogP contribution is -2.13. The summed E-state index contributed by atoms with van der Waals surface area (Å²) in [6, 6.07) is 20.9. The summed E-state index contributed by atoms with van der Waals surface area (Å²) < 4.78 is 1.70. The van der Waals surface area contributed by atoms with Gasteiger partial charge in [-0.05, 0) is 48.4 Å². The number of aromatic nitrogens is 2. The van der Waals surface area contributed by atoms with Gasteiger partial charge in [-0.3, -0.25) is 4.79 Å². The summed E-state index contributed by atoms with van der Waals surface area (Å²) in [5, 5.41) is 16.5. The zero-order valence-corrected chi connectivity index (χ0v) is 14.4. The quantitative estimate of drug-likeness (QED) is 0.563. The Kier molecular flexibility index (Phi) is 5.25. The molecule has 0 fully saturated rings. The molecule has 0 aliphatic heterocycles. The van der Waals surface area contributed by atoms with Crippen LogP contribution in [0.5, 0.6) is 0 Å². The molecule has 3 aromatic rings. The molecule has 0 aliphatic carbocycles. The lowest BCUT2D eigenvalue weighted by molar-refractivity contribution is -0.112. The van der Waals surface area contributed by atoms with Crippen molar-refractivity contribution in [2.24, 2.45) is 0 Å². The Morgan fingerprint density at radius 1 is 1.15 bits per heavy atom. The van der Waals surface area contributed by atoms with Gasteiger partial charge in [-0.15, -0.1) is 0 Å². The molecule has 1 heterocycles. The maximum atomic E-state index is 12.3. The molecule has 0 saturated carbocycles. The van der Waals surface area contributed by atoms with Gasteiger partial charge < -0.3 is 5.32 Å². The molecule has 0 atom stereocenters. The zero-order chi connectivity index (χ0) is 18.4. The van der Waals surface area contributed by atoms with Crippen LogP contribution in [0.1, 0.15) is 18.2 Å². The third kappa shape index (κ3) is 4.05. The first kappa shape index (κ1) is 17.2. The Bertz CT molecular complexity index is 963. The number of nitrogens with zero attached hydrogens (tertiary/aromatic N) is 3. The molecular weight excluding hydrogens is 324 g/mol. The van der Waals surface area contributed by atoms with Gasteiger partial charge >= 0.3 is 0 Å². The van der Waals surface area contributed by atoms with Crippen molar-refractivity contribution in [1.29, 1.82) is 5.26 Å². The van der Waals surface area contributed by atoms with E-state index in [1.165, 1.54) is 11.6 Å². The van der Waals surface area contributed by atoms with E-state index in [-0.39, 0.29) is 5.57 Å².